The van der Waals surface area contributed by atoms with Crippen molar-refractivity contribution in [3.63, 3.8) is 0 Å². The molecule has 1 heterocycles. The standard InChI is InChI=1S/C19H26F3N3O2/c1-13(2)16(23-17(26)15-7-5-4-6-14(15)3)18(27)25-10-8-24(9-11-25)12-19(20,21)22/h4-7,13,16H,8-12H2,1-3H3,(H,23,26). The second kappa shape index (κ2) is 8.73. The van der Waals surface area contributed by atoms with Gasteiger partial charge < -0.3 is 10.2 Å². The number of nitrogens with zero attached hydrogens (tertiary/aromatic N) is 2. The summed E-state index contributed by atoms with van der Waals surface area (Å²) in [5, 5.41) is 2.80. The lowest BCUT2D eigenvalue weighted by atomic mass is 10.0. The molecule has 27 heavy (non-hydrogen) atoms. The van der Waals surface area contributed by atoms with E-state index < -0.39 is 18.8 Å². The zero-order valence-electron chi connectivity index (χ0n) is 15.8. The fraction of sp³-hybridized carbons (Fsp3) is 0.579. The summed E-state index contributed by atoms with van der Waals surface area (Å²) >= 11 is 0. The second-order valence-corrected chi connectivity index (χ2v) is 7.23. The van der Waals surface area contributed by atoms with E-state index in [4.69, 9.17) is 0 Å². The summed E-state index contributed by atoms with van der Waals surface area (Å²) in [4.78, 5) is 28.2. The maximum absolute atomic E-state index is 12.9. The Labute approximate surface area is 157 Å². The molecule has 8 heteroatoms. The fourth-order valence-corrected chi connectivity index (χ4v) is 3.14. The average molecular weight is 385 g/mol. The Hall–Kier alpha value is -2.09. The molecule has 1 aliphatic rings. The third kappa shape index (κ3) is 5.95. The number of piperazine rings is 1. The Balaban J connectivity index is 2.00. The number of benzene rings is 1. The number of halogens is 3. The van der Waals surface area contributed by atoms with E-state index in [0.717, 1.165) is 5.56 Å². The zero-order valence-corrected chi connectivity index (χ0v) is 15.8. The van der Waals surface area contributed by atoms with Gasteiger partial charge in [-0.15, -0.1) is 0 Å². The average Bonchev–Trinajstić information content (AvgIpc) is 2.58. The fourth-order valence-electron chi connectivity index (χ4n) is 3.14. The number of rotatable bonds is 5. The van der Waals surface area contributed by atoms with Gasteiger partial charge in [0.15, 0.2) is 0 Å². The van der Waals surface area contributed by atoms with Gasteiger partial charge in [0.05, 0.1) is 6.54 Å². The summed E-state index contributed by atoms with van der Waals surface area (Å²) < 4.78 is 37.5. The lowest BCUT2D eigenvalue weighted by Gasteiger charge is -2.37. The molecular weight excluding hydrogens is 359 g/mol. The Morgan fingerprint density at radius 3 is 2.22 bits per heavy atom. The number of hydrogen-bond acceptors (Lipinski definition) is 3. The number of hydrogen-bond donors (Lipinski definition) is 1. The summed E-state index contributed by atoms with van der Waals surface area (Å²) in [6.45, 7) is 5.30. The van der Waals surface area contributed by atoms with Gasteiger partial charge in [-0.3, -0.25) is 14.5 Å². The van der Waals surface area contributed by atoms with Crippen LogP contribution in [0.15, 0.2) is 24.3 Å². The van der Waals surface area contributed by atoms with E-state index in [0.29, 0.717) is 5.56 Å². The molecule has 0 spiro atoms. The van der Waals surface area contributed by atoms with E-state index in [9.17, 15) is 22.8 Å². The van der Waals surface area contributed by atoms with Crippen molar-refractivity contribution in [3.8, 4) is 0 Å². The molecule has 1 fully saturated rings. The second-order valence-electron chi connectivity index (χ2n) is 7.23. The van der Waals surface area contributed by atoms with Crippen LogP contribution in [0.1, 0.15) is 29.8 Å². The van der Waals surface area contributed by atoms with Crippen LogP contribution in [0.4, 0.5) is 13.2 Å². The predicted molar refractivity (Wildman–Crippen MR) is 96.3 cm³/mol. The van der Waals surface area contributed by atoms with Crippen LogP contribution < -0.4 is 5.32 Å². The van der Waals surface area contributed by atoms with Gasteiger partial charge in [-0.05, 0) is 24.5 Å². The molecule has 1 aromatic rings. The minimum absolute atomic E-state index is 0.140. The number of amides is 2. The number of aryl methyl sites for hydroxylation is 1. The van der Waals surface area contributed by atoms with Crippen LogP contribution in [0.2, 0.25) is 0 Å². The molecule has 0 radical (unpaired) electrons. The molecule has 1 unspecified atom stereocenters. The Morgan fingerprint density at radius 2 is 1.70 bits per heavy atom. The Kier molecular flexibility index (Phi) is 6.86. The van der Waals surface area contributed by atoms with Crippen molar-refractivity contribution in [2.24, 2.45) is 5.92 Å². The first-order valence-electron chi connectivity index (χ1n) is 9.03. The SMILES string of the molecule is Cc1ccccc1C(=O)NC(C(=O)N1CCN(CC(F)(F)F)CC1)C(C)C. The number of carbonyl (C=O) groups is 2. The largest absolute Gasteiger partial charge is 0.401 e. The van der Waals surface area contributed by atoms with Crippen molar-refractivity contribution in [2.75, 3.05) is 32.7 Å². The van der Waals surface area contributed by atoms with Crippen LogP contribution in [0.3, 0.4) is 0 Å². The molecule has 1 atom stereocenters. The van der Waals surface area contributed by atoms with Gasteiger partial charge >= 0.3 is 6.18 Å². The van der Waals surface area contributed by atoms with Crippen LogP contribution in [-0.4, -0.2) is 66.6 Å². The van der Waals surface area contributed by atoms with Crippen LogP contribution in [0.25, 0.3) is 0 Å². The highest BCUT2D eigenvalue weighted by molar-refractivity contribution is 5.98. The summed E-state index contributed by atoms with van der Waals surface area (Å²) in [5.41, 5.74) is 1.32. The minimum atomic E-state index is -4.24. The summed E-state index contributed by atoms with van der Waals surface area (Å²) in [6, 6.07) is 6.39. The molecule has 1 N–H and O–H groups in total. The van der Waals surface area contributed by atoms with Crippen molar-refractivity contribution in [3.05, 3.63) is 35.4 Å². The van der Waals surface area contributed by atoms with Gasteiger partial charge in [0.25, 0.3) is 5.91 Å². The van der Waals surface area contributed by atoms with Gasteiger partial charge in [0.1, 0.15) is 6.04 Å². The third-order valence-corrected chi connectivity index (χ3v) is 4.70. The summed E-state index contributed by atoms with van der Waals surface area (Å²) in [6.07, 6.45) is -4.24. The molecule has 0 saturated carbocycles. The molecule has 150 valence electrons. The molecule has 1 aromatic carbocycles. The number of carbonyl (C=O) groups excluding carboxylic acids is 2. The molecule has 0 bridgehead atoms. The summed E-state index contributed by atoms with van der Waals surface area (Å²) in [5.74, 6) is -0.715. The molecule has 2 rings (SSSR count). The highest BCUT2D eigenvalue weighted by Gasteiger charge is 2.35. The summed E-state index contributed by atoms with van der Waals surface area (Å²) in [7, 11) is 0. The van der Waals surface area contributed by atoms with Gasteiger partial charge in [0.2, 0.25) is 5.91 Å². The molecule has 1 aliphatic heterocycles. The van der Waals surface area contributed by atoms with Crippen LogP contribution in [0, 0.1) is 12.8 Å². The lowest BCUT2D eigenvalue weighted by Crippen LogP contribution is -2.57. The van der Waals surface area contributed by atoms with Gasteiger partial charge in [-0.1, -0.05) is 32.0 Å². The van der Waals surface area contributed by atoms with E-state index in [1.807, 2.05) is 32.9 Å². The Bertz CT molecular complexity index is 668. The first-order chi connectivity index (χ1) is 12.6. The van der Waals surface area contributed by atoms with Gasteiger partial charge in [-0.2, -0.15) is 13.2 Å². The number of nitrogens with one attached hydrogen (secondary N) is 1. The first kappa shape index (κ1) is 21.2. The van der Waals surface area contributed by atoms with E-state index in [1.54, 1.807) is 12.1 Å². The van der Waals surface area contributed by atoms with E-state index in [-0.39, 0.29) is 43.9 Å². The quantitative estimate of drug-likeness (QED) is 0.847. The van der Waals surface area contributed by atoms with Crippen molar-refractivity contribution in [1.82, 2.24) is 15.1 Å². The molecule has 1 saturated heterocycles. The third-order valence-electron chi connectivity index (χ3n) is 4.70. The smallest absolute Gasteiger partial charge is 0.340 e. The van der Waals surface area contributed by atoms with Crippen molar-refractivity contribution < 1.29 is 22.8 Å². The van der Waals surface area contributed by atoms with Gasteiger partial charge in [0, 0.05) is 31.7 Å². The molecule has 0 aromatic heterocycles. The molecule has 5 nitrogen and oxygen atoms in total. The van der Waals surface area contributed by atoms with E-state index in [2.05, 4.69) is 5.32 Å². The van der Waals surface area contributed by atoms with Crippen LogP contribution >= 0.6 is 0 Å². The molecule has 0 aliphatic carbocycles. The van der Waals surface area contributed by atoms with E-state index in [1.165, 1.54) is 9.80 Å². The minimum Gasteiger partial charge on any atom is -0.340 e. The number of alkyl halides is 3. The van der Waals surface area contributed by atoms with Crippen LogP contribution in [-0.2, 0) is 4.79 Å². The maximum Gasteiger partial charge on any atom is 0.401 e. The monoisotopic (exact) mass is 385 g/mol. The first-order valence-corrected chi connectivity index (χ1v) is 9.03. The Morgan fingerprint density at radius 1 is 1.11 bits per heavy atom. The van der Waals surface area contributed by atoms with E-state index >= 15 is 0 Å². The topological polar surface area (TPSA) is 52.7 Å². The lowest BCUT2D eigenvalue weighted by molar-refractivity contribution is -0.152. The normalized spacial score (nSPS) is 17.1. The zero-order chi connectivity index (χ0) is 20.2. The van der Waals surface area contributed by atoms with Gasteiger partial charge in [-0.25, -0.2) is 0 Å². The molecular formula is C19H26F3N3O2. The van der Waals surface area contributed by atoms with Crippen molar-refractivity contribution in [1.29, 1.82) is 0 Å². The highest BCUT2D eigenvalue weighted by atomic mass is 19.4. The molecule has 2 amide bonds. The predicted octanol–water partition coefficient (Wildman–Crippen LogP) is 2.46. The van der Waals surface area contributed by atoms with Crippen molar-refractivity contribution >= 4 is 11.8 Å². The van der Waals surface area contributed by atoms with Crippen LogP contribution in [0.5, 0.6) is 0 Å². The maximum atomic E-state index is 12.9. The highest BCUT2D eigenvalue weighted by Crippen LogP contribution is 2.18. The van der Waals surface area contributed by atoms with Crippen molar-refractivity contribution in [2.45, 2.75) is 33.0 Å².